The quantitative estimate of drug-likeness (QED) is 0.262. The van der Waals surface area contributed by atoms with Crippen LogP contribution < -0.4 is 15.5 Å². The number of urea groups is 1. The van der Waals surface area contributed by atoms with E-state index in [-0.39, 0.29) is 19.9 Å². The van der Waals surface area contributed by atoms with Gasteiger partial charge in [-0.25, -0.2) is 10.2 Å². The molecule has 3 rings (SSSR count). The normalized spacial score (nSPS) is 14.7. The van der Waals surface area contributed by atoms with Gasteiger partial charge in [0, 0.05) is 23.4 Å². The number of benzene rings is 2. The topological polar surface area (TPSA) is 114 Å². The van der Waals surface area contributed by atoms with Crippen LogP contribution in [-0.4, -0.2) is 33.3 Å². The lowest BCUT2D eigenvalue weighted by atomic mass is 10.1. The van der Waals surface area contributed by atoms with Gasteiger partial charge in [-0.15, -0.1) is 0 Å². The van der Waals surface area contributed by atoms with Gasteiger partial charge in [0.05, 0.1) is 27.0 Å². The first kappa shape index (κ1) is 22.8. The molecule has 0 unspecified atom stereocenters. The Balaban J connectivity index is 1.77. The van der Waals surface area contributed by atoms with Crippen molar-refractivity contribution in [1.82, 2.24) is 10.4 Å². The second kappa shape index (κ2) is 9.52. The van der Waals surface area contributed by atoms with Gasteiger partial charge in [-0.2, -0.15) is 5.01 Å². The summed E-state index contributed by atoms with van der Waals surface area (Å²) in [5.74, 6) is -0.269. The van der Waals surface area contributed by atoms with E-state index in [1.54, 1.807) is 0 Å². The van der Waals surface area contributed by atoms with E-state index in [1.165, 1.54) is 49.6 Å². The van der Waals surface area contributed by atoms with Gasteiger partial charge in [0.2, 0.25) is 0 Å². The maximum atomic E-state index is 12.7. The lowest BCUT2D eigenvalue weighted by Crippen LogP contribution is -2.46. The molecule has 1 fully saturated rings. The smallest absolute Gasteiger partial charge is 0.338 e. The van der Waals surface area contributed by atoms with Crippen molar-refractivity contribution in [2.24, 2.45) is 0 Å². The maximum Gasteiger partial charge on any atom is 0.338 e. The van der Waals surface area contributed by atoms with E-state index < -0.39 is 16.9 Å². The first-order valence-electron chi connectivity index (χ1n) is 8.32. The number of non-ortho nitro benzene ring substituents is 1. The molecule has 0 bridgehead atoms. The first-order valence-corrected chi connectivity index (χ1v) is 10.3. The molecule has 0 atom stereocenters. The molecule has 1 aliphatic heterocycles. The highest BCUT2D eigenvalue weighted by molar-refractivity contribution is 8.26. The molecule has 0 spiro atoms. The lowest BCUT2D eigenvalue weighted by Gasteiger charge is -2.16. The van der Waals surface area contributed by atoms with E-state index in [4.69, 9.17) is 40.2 Å². The van der Waals surface area contributed by atoms with Crippen LogP contribution >= 0.6 is 47.2 Å². The summed E-state index contributed by atoms with van der Waals surface area (Å²) in [7, 11) is 1.40. The molecular formula is C18H12Cl2N4O5S2. The zero-order chi connectivity index (χ0) is 22.7. The van der Waals surface area contributed by atoms with Crippen molar-refractivity contribution >= 4 is 80.9 Å². The number of methoxy groups -OCH3 is 1. The summed E-state index contributed by atoms with van der Waals surface area (Å²) in [6, 6.07) is 7.74. The van der Waals surface area contributed by atoms with E-state index in [2.05, 4.69) is 10.7 Å². The number of anilines is 1. The molecule has 1 aliphatic rings. The molecule has 0 aliphatic carbocycles. The van der Waals surface area contributed by atoms with Crippen LogP contribution in [0.2, 0.25) is 10.0 Å². The number of thiocarbonyl (C=S) groups is 1. The van der Waals surface area contributed by atoms with Crippen LogP contribution in [0.5, 0.6) is 5.75 Å². The van der Waals surface area contributed by atoms with Gasteiger partial charge in [0.1, 0.15) is 5.75 Å². The van der Waals surface area contributed by atoms with Gasteiger partial charge in [0.25, 0.3) is 11.6 Å². The van der Waals surface area contributed by atoms with Crippen LogP contribution in [0.1, 0.15) is 5.56 Å². The highest BCUT2D eigenvalue weighted by Gasteiger charge is 2.34. The van der Waals surface area contributed by atoms with Crippen molar-refractivity contribution in [2.45, 2.75) is 0 Å². The molecule has 0 aromatic heterocycles. The van der Waals surface area contributed by atoms with Crippen LogP contribution in [0.4, 0.5) is 16.2 Å². The number of carbonyl (C=O) groups is 2. The number of nitrogens with one attached hydrogen (secondary N) is 2. The maximum absolute atomic E-state index is 12.7. The molecule has 0 radical (unpaired) electrons. The minimum atomic E-state index is -0.733. The molecule has 1 heterocycles. The molecule has 31 heavy (non-hydrogen) atoms. The third-order valence-corrected chi connectivity index (χ3v) is 5.94. The van der Waals surface area contributed by atoms with Gasteiger partial charge in [-0.3, -0.25) is 14.9 Å². The van der Waals surface area contributed by atoms with E-state index in [0.29, 0.717) is 22.0 Å². The summed E-state index contributed by atoms with van der Waals surface area (Å²) in [5.41, 5.74) is 2.86. The van der Waals surface area contributed by atoms with Crippen molar-refractivity contribution in [3.8, 4) is 5.75 Å². The molecule has 1 saturated heterocycles. The fourth-order valence-corrected chi connectivity index (χ4v) is 3.96. The fourth-order valence-electron chi connectivity index (χ4n) is 2.49. The molecule has 3 amide bonds. The van der Waals surface area contributed by atoms with Crippen molar-refractivity contribution < 1.29 is 19.2 Å². The molecule has 9 nitrogen and oxygen atoms in total. The van der Waals surface area contributed by atoms with E-state index in [9.17, 15) is 19.7 Å². The van der Waals surface area contributed by atoms with Crippen LogP contribution in [0, 0.1) is 10.1 Å². The highest BCUT2D eigenvalue weighted by Crippen LogP contribution is 2.34. The van der Waals surface area contributed by atoms with Crippen molar-refractivity contribution in [2.75, 3.05) is 12.4 Å². The number of thioether (sulfide) groups is 1. The number of nitro groups is 1. The second-order valence-corrected chi connectivity index (χ2v) is 8.39. The number of hydrogen-bond acceptors (Lipinski definition) is 7. The third kappa shape index (κ3) is 5.25. The summed E-state index contributed by atoms with van der Waals surface area (Å²) in [4.78, 5) is 35.6. The largest absolute Gasteiger partial charge is 0.496 e. The van der Waals surface area contributed by atoms with Gasteiger partial charge in [0.15, 0.2) is 4.32 Å². The number of halogens is 2. The highest BCUT2D eigenvalue weighted by atomic mass is 35.5. The minimum absolute atomic E-state index is 0.0740. The Morgan fingerprint density at radius 2 is 2.00 bits per heavy atom. The van der Waals surface area contributed by atoms with E-state index >= 15 is 0 Å². The summed E-state index contributed by atoms with van der Waals surface area (Å²) >= 11 is 17.8. The Morgan fingerprint density at radius 3 is 2.65 bits per heavy atom. The number of hydrogen-bond donors (Lipinski definition) is 2. The Morgan fingerprint density at radius 1 is 1.26 bits per heavy atom. The standard InChI is InChI=1S/C18H12Cl2N4O5S2/c1-29-14-5-3-11(24(27)28)6-9(14)7-15-16(25)23(18(30)31-15)22-17(26)21-10-2-4-12(19)13(20)8-10/h2-8H,1H3,(H2,21,22,26)/b15-7+. The van der Waals surface area contributed by atoms with Crippen molar-refractivity contribution in [3.63, 3.8) is 0 Å². The van der Waals surface area contributed by atoms with Crippen molar-refractivity contribution in [1.29, 1.82) is 0 Å². The predicted octanol–water partition coefficient (Wildman–Crippen LogP) is 4.85. The van der Waals surface area contributed by atoms with Gasteiger partial charge in [-0.1, -0.05) is 35.0 Å². The summed E-state index contributed by atoms with van der Waals surface area (Å²) in [6.45, 7) is 0. The number of hydrazine groups is 1. The predicted molar refractivity (Wildman–Crippen MR) is 123 cm³/mol. The molecule has 2 N–H and O–H groups in total. The average molecular weight is 499 g/mol. The molecular weight excluding hydrogens is 487 g/mol. The summed E-state index contributed by atoms with van der Waals surface area (Å²) < 4.78 is 5.27. The Bertz CT molecular complexity index is 1140. The molecule has 160 valence electrons. The van der Waals surface area contributed by atoms with Crippen molar-refractivity contribution in [3.05, 3.63) is 67.0 Å². The number of nitrogens with zero attached hydrogens (tertiary/aromatic N) is 2. The van der Waals surface area contributed by atoms with Crippen LogP contribution in [0.25, 0.3) is 6.08 Å². The van der Waals surface area contributed by atoms with E-state index in [1.807, 2.05) is 0 Å². The zero-order valence-corrected chi connectivity index (χ0v) is 18.7. The molecule has 2 aromatic carbocycles. The van der Waals surface area contributed by atoms with E-state index in [0.717, 1.165) is 16.8 Å². The third-order valence-electron chi connectivity index (χ3n) is 3.90. The van der Waals surface area contributed by atoms with Gasteiger partial charge < -0.3 is 10.1 Å². The zero-order valence-electron chi connectivity index (χ0n) is 15.5. The molecule has 2 aromatic rings. The number of rotatable bonds is 5. The number of carbonyl (C=O) groups excluding carboxylic acids is 2. The van der Waals surface area contributed by atoms with Crippen LogP contribution in [0.15, 0.2) is 41.3 Å². The van der Waals surface area contributed by atoms with Gasteiger partial charge >= 0.3 is 6.03 Å². The lowest BCUT2D eigenvalue weighted by molar-refractivity contribution is -0.384. The number of nitro benzene ring substituents is 1. The van der Waals surface area contributed by atoms with Gasteiger partial charge in [-0.05, 0) is 42.6 Å². The molecule has 13 heteroatoms. The Labute approximate surface area is 195 Å². The number of amides is 3. The monoisotopic (exact) mass is 498 g/mol. The first-order chi connectivity index (χ1) is 14.7. The summed E-state index contributed by atoms with van der Waals surface area (Å²) in [6.07, 6.45) is 1.41. The SMILES string of the molecule is COc1ccc([N+](=O)[O-])cc1/C=C1/SC(=S)N(NC(=O)Nc2ccc(Cl)c(Cl)c2)C1=O. The summed E-state index contributed by atoms with van der Waals surface area (Å²) in [5, 5.41) is 15.0. The Kier molecular flexibility index (Phi) is 7.01. The fraction of sp³-hybridized carbons (Fsp3) is 0.0556. The van der Waals surface area contributed by atoms with Crippen LogP contribution in [0.3, 0.4) is 0 Å². The Hall–Kier alpha value is -2.86. The minimum Gasteiger partial charge on any atom is -0.496 e. The molecule has 0 saturated carbocycles. The number of ether oxygens (including phenoxy) is 1. The van der Waals surface area contributed by atoms with Crippen LogP contribution in [-0.2, 0) is 4.79 Å². The average Bonchev–Trinajstić information content (AvgIpc) is 2.98. The second-order valence-electron chi connectivity index (χ2n) is 5.90.